The van der Waals surface area contributed by atoms with Gasteiger partial charge in [-0.25, -0.2) is 9.78 Å². The lowest BCUT2D eigenvalue weighted by molar-refractivity contribution is 0.0696. The van der Waals surface area contributed by atoms with E-state index in [0.29, 0.717) is 18.1 Å². The van der Waals surface area contributed by atoms with Crippen LogP contribution in [0.1, 0.15) is 23.2 Å². The molecular weight excluding hydrogens is 222 g/mol. The van der Waals surface area contributed by atoms with Crippen LogP contribution in [0.4, 0.5) is 11.5 Å². The Morgan fingerprint density at radius 3 is 2.94 bits per heavy atom. The van der Waals surface area contributed by atoms with E-state index in [4.69, 9.17) is 10.8 Å². The van der Waals surface area contributed by atoms with E-state index in [1.165, 1.54) is 12.3 Å². The Kier molecular flexibility index (Phi) is 3.14. The molecule has 1 aromatic rings. The van der Waals surface area contributed by atoms with Gasteiger partial charge >= 0.3 is 5.97 Å². The van der Waals surface area contributed by atoms with Crippen molar-refractivity contribution in [2.45, 2.75) is 18.9 Å². The van der Waals surface area contributed by atoms with Crippen LogP contribution < -0.4 is 10.6 Å². The van der Waals surface area contributed by atoms with Gasteiger partial charge in [0.05, 0.1) is 17.4 Å². The van der Waals surface area contributed by atoms with Gasteiger partial charge in [-0.05, 0) is 18.9 Å². The second-order valence-corrected chi connectivity index (χ2v) is 4.18. The first kappa shape index (κ1) is 11.7. The highest BCUT2D eigenvalue weighted by atomic mass is 16.4. The van der Waals surface area contributed by atoms with E-state index >= 15 is 0 Å². The van der Waals surface area contributed by atoms with Crippen LogP contribution in [0, 0.1) is 0 Å². The summed E-state index contributed by atoms with van der Waals surface area (Å²) < 4.78 is 0. The van der Waals surface area contributed by atoms with Gasteiger partial charge < -0.3 is 20.8 Å². The summed E-state index contributed by atoms with van der Waals surface area (Å²) >= 11 is 0. The lowest BCUT2D eigenvalue weighted by Crippen LogP contribution is -2.39. The van der Waals surface area contributed by atoms with Gasteiger partial charge in [0.1, 0.15) is 0 Å². The maximum absolute atomic E-state index is 10.7. The lowest BCUT2D eigenvalue weighted by Gasteiger charge is -2.31. The number of nitrogens with two attached hydrogens (primary N) is 1. The number of aromatic nitrogens is 1. The van der Waals surface area contributed by atoms with Gasteiger partial charge in [-0.3, -0.25) is 0 Å². The molecule has 0 bridgehead atoms. The van der Waals surface area contributed by atoms with Gasteiger partial charge in [-0.2, -0.15) is 0 Å². The molecule has 6 heteroatoms. The number of piperidine rings is 1. The summed E-state index contributed by atoms with van der Waals surface area (Å²) in [5, 5.41) is 18.4. The van der Waals surface area contributed by atoms with Gasteiger partial charge in [-0.15, -0.1) is 0 Å². The maximum atomic E-state index is 10.7. The van der Waals surface area contributed by atoms with Crippen molar-refractivity contribution in [3.63, 3.8) is 0 Å². The molecule has 1 aliphatic heterocycles. The van der Waals surface area contributed by atoms with Crippen molar-refractivity contribution in [1.82, 2.24) is 4.98 Å². The van der Waals surface area contributed by atoms with Gasteiger partial charge in [0.15, 0.2) is 5.82 Å². The number of carboxylic acids is 1. The Hall–Kier alpha value is -1.82. The predicted molar refractivity (Wildman–Crippen MR) is 63.1 cm³/mol. The largest absolute Gasteiger partial charge is 0.478 e. The highest BCUT2D eigenvalue weighted by Gasteiger charge is 2.21. The van der Waals surface area contributed by atoms with Crippen molar-refractivity contribution in [2.75, 3.05) is 23.7 Å². The van der Waals surface area contributed by atoms with E-state index in [1.54, 1.807) is 0 Å². The molecule has 2 heterocycles. The van der Waals surface area contributed by atoms with Crippen LogP contribution in [0.3, 0.4) is 0 Å². The Labute approximate surface area is 98.7 Å². The molecule has 6 nitrogen and oxygen atoms in total. The number of hydrogen-bond acceptors (Lipinski definition) is 5. The zero-order chi connectivity index (χ0) is 12.4. The predicted octanol–water partition coefficient (Wildman–Crippen LogP) is 0.323. The number of β-amino-alcohol motifs (C(OH)–C–C–N with tert-alkyl or cyclic N) is 1. The first-order valence-electron chi connectivity index (χ1n) is 5.49. The number of pyridine rings is 1. The molecule has 4 N–H and O–H groups in total. The van der Waals surface area contributed by atoms with Gasteiger partial charge in [0.2, 0.25) is 0 Å². The number of carbonyl (C=O) groups is 1. The Morgan fingerprint density at radius 2 is 2.35 bits per heavy atom. The number of nitrogen functional groups attached to an aromatic ring is 1. The Balaban J connectivity index is 2.23. The molecular formula is C11H15N3O3. The molecule has 17 heavy (non-hydrogen) atoms. The van der Waals surface area contributed by atoms with Gasteiger partial charge in [0, 0.05) is 19.3 Å². The second kappa shape index (κ2) is 4.58. The molecule has 0 aliphatic carbocycles. The number of carboxylic acid groups (broad SMARTS) is 1. The molecule has 1 aliphatic rings. The average molecular weight is 237 g/mol. The molecule has 0 saturated carbocycles. The number of nitrogens with zero attached hydrogens (tertiary/aromatic N) is 2. The van der Waals surface area contributed by atoms with Crippen molar-refractivity contribution in [3.8, 4) is 0 Å². The van der Waals surface area contributed by atoms with E-state index in [-0.39, 0.29) is 11.7 Å². The van der Waals surface area contributed by atoms with E-state index < -0.39 is 5.97 Å². The summed E-state index contributed by atoms with van der Waals surface area (Å²) in [5.74, 6) is -0.497. The summed E-state index contributed by atoms with van der Waals surface area (Å²) in [6.07, 6.45) is 2.57. The Bertz CT molecular complexity index is 436. The van der Waals surface area contributed by atoms with E-state index in [0.717, 1.165) is 19.4 Å². The third kappa shape index (κ3) is 2.47. The van der Waals surface area contributed by atoms with E-state index in [9.17, 15) is 9.90 Å². The van der Waals surface area contributed by atoms with Crippen LogP contribution >= 0.6 is 0 Å². The van der Waals surface area contributed by atoms with E-state index in [2.05, 4.69) is 4.98 Å². The zero-order valence-electron chi connectivity index (χ0n) is 9.33. The van der Waals surface area contributed by atoms with Crippen LogP contribution in [0.15, 0.2) is 12.3 Å². The lowest BCUT2D eigenvalue weighted by atomic mass is 10.1. The number of anilines is 2. The Morgan fingerprint density at radius 1 is 1.59 bits per heavy atom. The number of aliphatic hydroxyl groups is 1. The number of rotatable bonds is 2. The normalized spacial score (nSPS) is 20.3. The average Bonchev–Trinajstić information content (AvgIpc) is 2.28. The summed E-state index contributed by atoms with van der Waals surface area (Å²) in [7, 11) is 0. The monoisotopic (exact) mass is 237 g/mol. The minimum absolute atomic E-state index is 0.0730. The minimum atomic E-state index is -1.05. The summed E-state index contributed by atoms with van der Waals surface area (Å²) in [6.45, 7) is 1.27. The molecule has 1 unspecified atom stereocenters. The molecule has 1 saturated heterocycles. The molecule has 2 rings (SSSR count). The van der Waals surface area contributed by atoms with Crippen molar-refractivity contribution in [1.29, 1.82) is 0 Å². The number of aliphatic hydroxyl groups excluding tert-OH is 1. The highest BCUT2D eigenvalue weighted by Crippen LogP contribution is 2.24. The molecule has 0 amide bonds. The molecule has 1 fully saturated rings. The van der Waals surface area contributed by atoms with Gasteiger partial charge in [0.25, 0.3) is 0 Å². The SMILES string of the molecule is Nc1cc(C(=O)O)cnc1N1CCCC(O)C1. The summed E-state index contributed by atoms with van der Waals surface area (Å²) in [6, 6.07) is 1.39. The molecule has 1 atom stereocenters. The minimum Gasteiger partial charge on any atom is -0.478 e. The van der Waals surface area contributed by atoms with Gasteiger partial charge in [-0.1, -0.05) is 0 Å². The van der Waals surface area contributed by atoms with E-state index in [1.807, 2.05) is 4.90 Å². The second-order valence-electron chi connectivity index (χ2n) is 4.18. The molecule has 0 radical (unpaired) electrons. The molecule has 0 aromatic carbocycles. The first-order chi connectivity index (χ1) is 8.08. The quantitative estimate of drug-likeness (QED) is 0.685. The smallest absolute Gasteiger partial charge is 0.337 e. The fraction of sp³-hybridized carbons (Fsp3) is 0.455. The van der Waals surface area contributed by atoms with Crippen LogP contribution in [0.5, 0.6) is 0 Å². The maximum Gasteiger partial charge on any atom is 0.337 e. The van der Waals surface area contributed by atoms with Crippen LogP contribution in [-0.2, 0) is 0 Å². The number of aromatic carboxylic acids is 1. The molecule has 1 aromatic heterocycles. The van der Waals surface area contributed by atoms with Crippen molar-refractivity contribution >= 4 is 17.5 Å². The van der Waals surface area contributed by atoms with Crippen molar-refractivity contribution in [3.05, 3.63) is 17.8 Å². The third-order valence-electron chi connectivity index (χ3n) is 2.84. The fourth-order valence-electron chi connectivity index (χ4n) is 2.00. The standard InChI is InChI=1S/C11H15N3O3/c12-9-4-7(11(16)17)5-13-10(9)14-3-1-2-8(15)6-14/h4-5,8,15H,1-3,6,12H2,(H,16,17). The summed E-state index contributed by atoms with van der Waals surface area (Å²) in [4.78, 5) is 16.7. The summed E-state index contributed by atoms with van der Waals surface area (Å²) in [5.41, 5.74) is 6.19. The fourth-order valence-corrected chi connectivity index (χ4v) is 2.00. The third-order valence-corrected chi connectivity index (χ3v) is 2.84. The first-order valence-corrected chi connectivity index (χ1v) is 5.49. The van der Waals surface area contributed by atoms with Crippen LogP contribution in [-0.4, -0.2) is 40.4 Å². The molecule has 92 valence electrons. The van der Waals surface area contributed by atoms with Crippen molar-refractivity contribution < 1.29 is 15.0 Å². The van der Waals surface area contributed by atoms with Crippen LogP contribution in [0.25, 0.3) is 0 Å². The zero-order valence-corrected chi connectivity index (χ0v) is 9.33. The molecule has 0 spiro atoms. The van der Waals surface area contributed by atoms with Crippen LogP contribution in [0.2, 0.25) is 0 Å². The van der Waals surface area contributed by atoms with Crippen molar-refractivity contribution in [2.24, 2.45) is 0 Å². The topological polar surface area (TPSA) is 99.7 Å². The highest BCUT2D eigenvalue weighted by molar-refractivity contribution is 5.89. The number of hydrogen-bond donors (Lipinski definition) is 3.